The van der Waals surface area contributed by atoms with E-state index in [1.165, 1.54) is 98.6 Å². The van der Waals surface area contributed by atoms with Crippen LogP contribution in [0.15, 0.2) is 69.7 Å². The number of benzene rings is 2. The Balaban J connectivity index is 0.000000264. The highest BCUT2D eigenvalue weighted by molar-refractivity contribution is 8.04. The van der Waals surface area contributed by atoms with Gasteiger partial charge in [0, 0.05) is 97.7 Å². The average molecular weight is 1080 g/mol. The zero-order chi connectivity index (χ0) is 55.1. The van der Waals surface area contributed by atoms with Gasteiger partial charge in [0.05, 0.1) is 52.0 Å². The Kier molecular flexibility index (Phi) is 17.0. The molecule has 0 unspecified atom stereocenters. The van der Waals surface area contributed by atoms with Crippen LogP contribution in [0.5, 0.6) is 0 Å². The number of aliphatic hydroxyl groups is 2. The van der Waals surface area contributed by atoms with E-state index in [1.807, 2.05) is 13.8 Å². The first-order valence-corrected chi connectivity index (χ1v) is 25.9. The van der Waals surface area contributed by atoms with Gasteiger partial charge in [-0.05, 0) is 62.1 Å². The van der Waals surface area contributed by atoms with Crippen molar-refractivity contribution in [3.8, 4) is 0 Å². The van der Waals surface area contributed by atoms with Gasteiger partial charge in [-0.2, -0.15) is 0 Å². The van der Waals surface area contributed by atoms with Crippen LogP contribution in [0, 0.1) is 43.9 Å². The third-order valence-electron chi connectivity index (χ3n) is 14.3. The molecular formula is C49H60N8O16S2. The molecule has 0 aromatic heterocycles. The number of thioether (sulfide) groups is 2. The number of nitrogens with zero attached hydrogens (tertiary/aromatic N) is 7. The highest BCUT2D eigenvalue weighted by Crippen LogP contribution is 2.54. The van der Waals surface area contributed by atoms with Gasteiger partial charge in [-0.3, -0.25) is 44.3 Å². The van der Waals surface area contributed by atoms with Gasteiger partial charge >= 0.3 is 18.0 Å². The highest BCUT2D eigenvalue weighted by atomic mass is 32.2. The summed E-state index contributed by atoms with van der Waals surface area (Å²) < 4.78 is 11.1. The van der Waals surface area contributed by atoms with Crippen LogP contribution in [0.3, 0.4) is 0 Å². The van der Waals surface area contributed by atoms with Crippen LogP contribution in [-0.4, -0.2) is 179 Å². The second kappa shape index (κ2) is 22.7. The summed E-state index contributed by atoms with van der Waals surface area (Å²) in [5.41, 5.74) is 0.853. The molecule has 0 radical (unpaired) electrons. The van der Waals surface area contributed by atoms with Crippen molar-refractivity contribution in [2.75, 3.05) is 41.3 Å². The Bertz CT molecular complexity index is 2700. The molecule has 404 valence electrons. The summed E-state index contributed by atoms with van der Waals surface area (Å²) in [5, 5.41) is 54.7. The molecule has 6 heterocycles. The van der Waals surface area contributed by atoms with Gasteiger partial charge in [0.25, 0.3) is 11.4 Å². The Labute approximate surface area is 439 Å². The molecule has 6 aliphatic heterocycles. The topological polar surface area (TPSA) is 313 Å². The number of carboxylic acid groups (broad SMARTS) is 1. The number of likely N-dealkylation sites (N-methyl/N-ethyl adjacent to an activating group) is 2. The quantitative estimate of drug-likeness (QED) is 0.0813. The summed E-state index contributed by atoms with van der Waals surface area (Å²) in [6, 6.07) is 9.09. The van der Waals surface area contributed by atoms with Crippen LogP contribution >= 0.6 is 23.5 Å². The van der Waals surface area contributed by atoms with E-state index in [2.05, 4.69) is 5.32 Å². The van der Waals surface area contributed by atoms with E-state index in [4.69, 9.17) is 9.47 Å². The number of carboxylic acids is 1. The number of fused-ring (bicyclic) bond motifs is 2. The number of nitro groups is 2. The van der Waals surface area contributed by atoms with Gasteiger partial charge in [0.15, 0.2) is 0 Å². The molecular weight excluding hydrogens is 1020 g/mol. The van der Waals surface area contributed by atoms with Gasteiger partial charge in [-0.25, -0.2) is 14.4 Å². The summed E-state index contributed by atoms with van der Waals surface area (Å²) in [7, 11) is 6.55. The summed E-state index contributed by atoms with van der Waals surface area (Å²) in [4.78, 5) is 119. The molecule has 26 heteroatoms. The SMILES string of the molecule is C[C@@H](O)[C@H]1C(=O)N2C(C(=O)O)=C(S[C@@H]3CN[C@H](C(=O)N(C)C)C3)[C@H](C)[C@H]12.C[C@@H](O)[C@H]1C(=O)N2C(C(=O)OCc3ccc([N+](=O)[O-])cc3)=C(S[C@H]3C[C@@H](C(=O)N(C)C)N(C(=O)OCc4ccc([N+](=O)[O-])cc4)C3)[C@H](C)[C@H]12. The fourth-order valence-corrected chi connectivity index (χ4v) is 13.5. The molecule has 8 rings (SSSR count). The predicted molar refractivity (Wildman–Crippen MR) is 269 cm³/mol. The Morgan fingerprint density at radius 3 is 1.63 bits per heavy atom. The zero-order valence-electron chi connectivity index (χ0n) is 42.4. The van der Waals surface area contributed by atoms with Crippen molar-refractivity contribution >= 4 is 76.6 Å². The van der Waals surface area contributed by atoms with Gasteiger partial charge < -0.3 is 49.7 Å². The second-order valence-electron chi connectivity index (χ2n) is 19.8. The molecule has 5 amide bonds. The maximum atomic E-state index is 13.6. The smallest absolute Gasteiger partial charge is 0.410 e. The molecule has 4 N–H and O–H groups in total. The minimum Gasteiger partial charge on any atom is -0.477 e. The number of ether oxygens (including phenoxy) is 2. The fourth-order valence-electron chi connectivity index (χ4n) is 10.5. The number of hydrogen-bond acceptors (Lipinski definition) is 18. The molecule has 0 spiro atoms. The first-order valence-electron chi connectivity index (χ1n) is 24.1. The molecule has 2 aromatic carbocycles. The molecule has 0 saturated carbocycles. The first-order chi connectivity index (χ1) is 35.3. The number of nitrogens with one attached hydrogen (secondary N) is 1. The van der Waals surface area contributed by atoms with E-state index < -0.39 is 75.2 Å². The van der Waals surface area contributed by atoms with Crippen molar-refractivity contribution in [2.24, 2.45) is 23.7 Å². The van der Waals surface area contributed by atoms with Crippen molar-refractivity contribution < 1.29 is 68.2 Å². The van der Waals surface area contributed by atoms with E-state index in [1.54, 1.807) is 40.0 Å². The summed E-state index contributed by atoms with van der Waals surface area (Å²) in [5.74, 6) is -4.79. The van der Waals surface area contributed by atoms with Crippen LogP contribution in [0.25, 0.3) is 0 Å². The summed E-state index contributed by atoms with van der Waals surface area (Å²) in [6.45, 7) is 7.12. The number of hydrogen-bond donors (Lipinski definition) is 4. The third-order valence-corrected chi connectivity index (χ3v) is 17.3. The third kappa shape index (κ3) is 11.2. The molecule has 4 saturated heterocycles. The maximum Gasteiger partial charge on any atom is 0.410 e. The van der Waals surface area contributed by atoms with Crippen molar-refractivity contribution in [3.05, 3.63) is 101 Å². The Hall–Kier alpha value is -6.61. The maximum absolute atomic E-state index is 13.6. The number of carbonyl (C=O) groups excluding carboxylic acids is 6. The molecule has 75 heavy (non-hydrogen) atoms. The lowest BCUT2D eigenvalue weighted by atomic mass is 9.79. The highest BCUT2D eigenvalue weighted by Gasteiger charge is 2.62. The average Bonchev–Trinajstić information content (AvgIpc) is 4.11. The number of esters is 1. The van der Waals surface area contributed by atoms with Gasteiger partial charge in [0.2, 0.25) is 23.6 Å². The van der Waals surface area contributed by atoms with Gasteiger partial charge in [-0.15, -0.1) is 23.5 Å². The zero-order valence-corrected chi connectivity index (χ0v) is 44.0. The molecule has 6 aliphatic rings. The van der Waals surface area contributed by atoms with E-state index in [0.29, 0.717) is 33.9 Å². The van der Waals surface area contributed by atoms with Crippen LogP contribution in [0.2, 0.25) is 0 Å². The number of rotatable bonds is 16. The minimum absolute atomic E-state index is 0.00757. The Morgan fingerprint density at radius 1 is 0.720 bits per heavy atom. The molecule has 12 atom stereocenters. The van der Waals surface area contributed by atoms with Crippen molar-refractivity contribution in [2.45, 2.75) is 101 Å². The molecule has 4 fully saturated rings. The van der Waals surface area contributed by atoms with Gasteiger partial charge in [-0.1, -0.05) is 13.8 Å². The first kappa shape index (κ1) is 56.1. The molecule has 2 aromatic rings. The van der Waals surface area contributed by atoms with Crippen LogP contribution < -0.4 is 5.32 Å². The monoisotopic (exact) mass is 1080 g/mol. The number of likely N-dealkylation sites (tertiary alicyclic amines) is 1. The number of amides is 5. The fraction of sp³-hybridized carbons (Fsp3) is 0.531. The van der Waals surface area contributed by atoms with Crippen LogP contribution in [0.1, 0.15) is 51.7 Å². The number of non-ortho nitro benzene ring substituents is 2. The van der Waals surface area contributed by atoms with Crippen LogP contribution in [-0.2, 0) is 51.5 Å². The largest absolute Gasteiger partial charge is 0.477 e. The van der Waals surface area contributed by atoms with E-state index in [0.717, 1.165) is 0 Å². The van der Waals surface area contributed by atoms with E-state index in [-0.39, 0.29) is 95.8 Å². The lowest BCUT2D eigenvalue weighted by Crippen LogP contribution is -2.63. The number of β-lactam (4-membered cyclic amide) rings is 2. The molecule has 24 nitrogen and oxygen atoms in total. The van der Waals surface area contributed by atoms with Crippen molar-refractivity contribution in [3.63, 3.8) is 0 Å². The van der Waals surface area contributed by atoms with Crippen molar-refractivity contribution in [1.82, 2.24) is 29.8 Å². The predicted octanol–water partition coefficient (Wildman–Crippen LogP) is 2.91. The van der Waals surface area contributed by atoms with E-state index >= 15 is 0 Å². The lowest BCUT2D eigenvalue weighted by Gasteiger charge is -2.46. The number of carbonyl (C=O) groups is 7. The molecule has 0 bridgehead atoms. The number of nitro benzene ring substituents is 2. The van der Waals surface area contributed by atoms with Crippen LogP contribution in [0.4, 0.5) is 16.2 Å². The van der Waals surface area contributed by atoms with Gasteiger partial charge in [0.1, 0.15) is 30.6 Å². The normalized spacial score (nSPS) is 27.3. The number of aliphatic carboxylic acids is 1. The standard InChI is InChI=1S/C32H35N5O11S.C17H25N3O5S/c1-17-26-25(18(2)38)30(40)35(26)27(31(41)47-15-19-5-9-21(10-6-19)36(43)44)28(17)49-23-13-24(29(39)33(3)4)34(14-23)32(42)48-16-20-7-11-22(12-8-20)37(45)46;1-7-12-11(8(2)21)16(23)20(12)13(17(24)25)14(7)26-9-5-10(18-6-9)15(22)19(3)4/h5-12,17-18,23-26,38H,13-16H2,1-4H3;7-12,18,21H,5-6H2,1-4H3,(H,24,25)/t17-,18-,23+,24+,25-,26-;7-,8-,9+,10+,11-,12-/m11/s1. The summed E-state index contributed by atoms with van der Waals surface area (Å²) in [6.07, 6.45) is -1.70. The van der Waals surface area contributed by atoms with E-state index in [9.17, 15) is 69.1 Å². The minimum atomic E-state index is -1.12. The van der Waals surface area contributed by atoms with Crippen molar-refractivity contribution in [1.29, 1.82) is 0 Å². The number of aliphatic hydroxyl groups excluding tert-OH is 2. The second-order valence-corrected chi connectivity index (χ2v) is 22.4. The lowest BCUT2D eigenvalue weighted by molar-refractivity contribution is -0.385. The summed E-state index contributed by atoms with van der Waals surface area (Å²) >= 11 is 2.71. The Morgan fingerprint density at radius 2 is 1.17 bits per heavy atom. The molecule has 0 aliphatic carbocycles.